The Morgan fingerprint density at radius 2 is 1.41 bits per heavy atom. The topological polar surface area (TPSA) is 138 Å². The molecule has 3 rings (SSSR count). The van der Waals surface area contributed by atoms with Gasteiger partial charge in [-0.05, 0) is 43.2 Å². The SMILES string of the molecule is CCOC(=O)c1nc(-c2cc(Cl)c(OCCC(O)C(O)CCOc3c(Cl)cc(CCC(=O)OC)cc3Cl)c(Cl)c2)oc1CC. The minimum absolute atomic E-state index is 0.00540. The molecule has 2 unspecified atom stereocenters. The summed E-state index contributed by atoms with van der Waals surface area (Å²) in [6.45, 7) is 3.74. The second-order valence-corrected chi connectivity index (χ2v) is 11.1. The van der Waals surface area contributed by atoms with Crippen molar-refractivity contribution >= 4 is 58.3 Å². The second kappa shape index (κ2) is 17.1. The number of hydrogen-bond donors (Lipinski definition) is 2. The third kappa shape index (κ3) is 9.63. The van der Waals surface area contributed by atoms with Gasteiger partial charge in [0.25, 0.3) is 0 Å². The molecule has 0 aliphatic rings. The number of carbonyl (C=O) groups excluding carboxylic acids is 2. The van der Waals surface area contributed by atoms with Crippen LogP contribution in [0.4, 0.5) is 0 Å². The van der Waals surface area contributed by atoms with Crippen LogP contribution in [0.2, 0.25) is 20.1 Å². The van der Waals surface area contributed by atoms with Crippen molar-refractivity contribution in [3.8, 4) is 23.0 Å². The van der Waals surface area contributed by atoms with E-state index in [-0.39, 0.29) is 88.2 Å². The van der Waals surface area contributed by atoms with Crippen molar-refractivity contribution in [3.05, 3.63) is 61.4 Å². The van der Waals surface area contributed by atoms with E-state index in [9.17, 15) is 19.8 Å². The minimum atomic E-state index is -1.14. The zero-order valence-electron chi connectivity index (χ0n) is 24.3. The first-order valence-corrected chi connectivity index (χ1v) is 15.3. The molecule has 0 saturated heterocycles. The summed E-state index contributed by atoms with van der Waals surface area (Å²) in [6, 6.07) is 6.36. The van der Waals surface area contributed by atoms with Crippen molar-refractivity contribution in [3.63, 3.8) is 0 Å². The number of ether oxygens (including phenoxy) is 4. The monoisotopic (exact) mass is 691 g/mol. The number of halogens is 4. The van der Waals surface area contributed by atoms with Gasteiger partial charge in [-0.3, -0.25) is 4.79 Å². The average Bonchev–Trinajstić information content (AvgIpc) is 3.43. The molecule has 1 heterocycles. The normalized spacial score (nSPS) is 12.5. The van der Waals surface area contributed by atoms with Crippen LogP contribution in [0.1, 0.15) is 54.9 Å². The quantitative estimate of drug-likeness (QED) is 0.155. The third-order valence-electron chi connectivity index (χ3n) is 6.40. The van der Waals surface area contributed by atoms with Gasteiger partial charge in [0.15, 0.2) is 17.2 Å². The van der Waals surface area contributed by atoms with Gasteiger partial charge >= 0.3 is 11.9 Å². The number of aryl methyl sites for hydroxylation is 2. The van der Waals surface area contributed by atoms with E-state index in [4.69, 9.17) is 65.0 Å². The molecule has 44 heavy (non-hydrogen) atoms. The van der Waals surface area contributed by atoms with Crippen LogP contribution in [0, 0.1) is 0 Å². The summed E-state index contributed by atoms with van der Waals surface area (Å²) >= 11 is 25.4. The molecule has 240 valence electrons. The van der Waals surface area contributed by atoms with Crippen LogP contribution in [0.25, 0.3) is 11.5 Å². The van der Waals surface area contributed by atoms with Crippen molar-refractivity contribution in [2.45, 2.75) is 58.2 Å². The van der Waals surface area contributed by atoms with Gasteiger partial charge in [0, 0.05) is 31.2 Å². The molecule has 2 N–H and O–H groups in total. The van der Waals surface area contributed by atoms with Crippen LogP contribution in [-0.2, 0) is 27.1 Å². The number of aliphatic hydroxyl groups excluding tert-OH is 2. The highest BCUT2D eigenvalue weighted by Gasteiger charge is 2.23. The van der Waals surface area contributed by atoms with Crippen molar-refractivity contribution in [2.75, 3.05) is 26.9 Å². The van der Waals surface area contributed by atoms with Gasteiger partial charge in [0.1, 0.15) is 5.76 Å². The van der Waals surface area contributed by atoms with Gasteiger partial charge in [-0.25, -0.2) is 9.78 Å². The lowest BCUT2D eigenvalue weighted by molar-refractivity contribution is -0.140. The van der Waals surface area contributed by atoms with Gasteiger partial charge in [0.2, 0.25) is 5.89 Å². The second-order valence-electron chi connectivity index (χ2n) is 9.51. The summed E-state index contributed by atoms with van der Waals surface area (Å²) in [5.41, 5.74) is 1.27. The number of rotatable bonds is 16. The number of carbonyl (C=O) groups is 2. The largest absolute Gasteiger partial charge is 0.490 e. The van der Waals surface area contributed by atoms with Gasteiger partial charge in [-0.15, -0.1) is 0 Å². The van der Waals surface area contributed by atoms with Crippen molar-refractivity contribution < 1.29 is 43.2 Å². The summed E-state index contributed by atoms with van der Waals surface area (Å²) in [5, 5.41) is 21.7. The number of aromatic nitrogens is 1. The Bertz CT molecular complexity index is 1400. The Morgan fingerprint density at radius 3 is 1.89 bits per heavy atom. The van der Waals surface area contributed by atoms with Gasteiger partial charge < -0.3 is 33.6 Å². The van der Waals surface area contributed by atoms with Crippen molar-refractivity contribution in [1.82, 2.24) is 4.98 Å². The molecular formula is C30H33Cl4NO9. The molecular weight excluding hydrogens is 660 g/mol. The Labute approximate surface area is 275 Å². The molecule has 3 aromatic rings. The summed E-state index contributed by atoms with van der Waals surface area (Å²) in [6.07, 6.45) is -1.11. The number of oxazole rings is 1. The zero-order chi connectivity index (χ0) is 32.4. The summed E-state index contributed by atoms with van der Waals surface area (Å²) in [4.78, 5) is 27.8. The van der Waals surface area contributed by atoms with Gasteiger partial charge in [-0.2, -0.15) is 0 Å². The molecule has 0 bridgehead atoms. The highest BCUT2D eigenvalue weighted by Crippen LogP contribution is 2.38. The van der Waals surface area contributed by atoms with Crippen LogP contribution < -0.4 is 9.47 Å². The van der Waals surface area contributed by atoms with Gasteiger partial charge in [-0.1, -0.05) is 53.3 Å². The Kier molecular flexibility index (Phi) is 13.9. The molecule has 2 aromatic carbocycles. The molecule has 0 spiro atoms. The number of benzene rings is 2. The summed E-state index contributed by atoms with van der Waals surface area (Å²) in [5.74, 6) is 0.00696. The molecule has 0 aliphatic heterocycles. The zero-order valence-corrected chi connectivity index (χ0v) is 27.4. The van der Waals surface area contributed by atoms with Crippen molar-refractivity contribution in [2.24, 2.45) is 0 Å². The average molecular weight is 693 g/mol. The van der Waals surface area contributed by atoms with E-state index >= 15 is 0 Å². The third-order valence-corrected chi connectivity index (χ3v) is 7.52. The van der Waals surface area contributed by atoms with Crippen LogP contribution in [0.3, 0.4) is 0 Å². The van der Waals surface area contributed by atoms with E-state index in [1.165, 1.54) is 19.2 Å². The number of nitrogens with zero attached hydrogens (tertiary/aromatic N) is 1. The Balaban J connectivity index is 1.52. The highest BCUT2D eigenvalue weighted by molar-refractivity contribution is 6.38. The molecule has 0 saturated carbocycles. The van der Waals surface area contributed by atoms with Crippen LogP contribution in [0.15, 0.2) is 28.7 Å². The van der Waals surface area contributed by atoms with Crippen LogP contribution in [0.5, 0.6) is 11.5 Å². The number of hydrogen-bond acceptors (Lipinski definition) is 10. The smallest absolute Gasteiger partial charge is 0.360 e. The van der Waals surface area contributed by atoms with E-state index < -0.39 is 18.2 Å². The summed E-state index contributed by atoms with van der Waals surface area (Å²) in [7, 11) is 1.32. The van der Waals surface area contributed by atoms with Crippen molar-refractivity contribution in [1.29, 1.82) is 0 Å². The Hall–Kier alpha value is -2.73. The first kappa shape index (κ1) is 35.7. The number of esters is 2. The van der Waals surface area contributed by atoms with E-state index in [0.717, 1.165) is 5.56 Å². The predicted molar refractivity (Wildman–Crippen MR) is 166 cm³/mol. The standard InChI is InChI=1S/C30H33Cl4NO9/c1-4-24-26(30(39)41-5-2)35-29(44-24)17-14-20(33)28(21(34)15-17)43-11-9-23(37)22(36)8-10-42-27-18(31)12-16(13-19(27)32)6-7-25(38)40-3/h12-15,22-23,36-37H,4-11H2,1-3H3. The maximum absolute atomic E-state index is 12.2. The molecule has 0 amide bonds. The fraction of sp³-hybridized carbons (Fsp3) is 0.433. The fourth-order valence-corrected chi connectivity index (χ4v) is 5.32. The molecule has 2 atom stereocenters. The first-order valence-electron chi connectivity index (χ1n) is 13.8. The van der Waals surface area contributed by atoms with Crippen LogP contribution in [-0.4, -0.2) is 66.3 Å². The lowest BCUT2D eigenvalue weighted by atomic mass is 10.1. The number of aliphatic hydroxyl groups is 2. The molecule has 0 radical (unpaired) electrons. The summed E-state index contributed by atoms with van der Waals surface area (Å²) < 4.78 is 26.8. The van der Waals surface area contributed by atoms with E-state index in [1.54, 1.807) is 19.1 Å². The maximum atomic E-state index is 12.2. The van der Waals surface area contributed by atoms with Gasteiger partial charge in [0.05, 0.1) is 59.2 Å². The van der Waals surface area contributed by atoms with E-state index in [0.29, 0.717) is 24.2 Å². The van der Waals surface area contributed by atoms with E-state index in [2.05, 4.69) is 9.72 Å². The van der Waals surface area contributed by atoms with E-state index in [1.807, 2.05) is 6.92 Å². The minimum Gasteiger partial charge on any atom is -0.490 e. The van der Waals surface area contributed by atoms with Crippen LogP contribution >= 0.6 is 46.4 Å². The predicted octanol–water partition coefficient (Wildman–Crippen LogP) is 6.76. The molecule has 14 heteroatoms. The molecule has 10 nitrogen and oxygen atoms in total. The highest BCUT2D eigenvalue weighted by atomic mass is 35.5. The first-order chi connectivity index (χ1) is 21.0. The molecule has 0 aliphatic carbocycles. The number of methoxy groups -OCH3 is 1. The Morgan fingerprint density at radius 1 is 0.886 bits per heavy atom. The lowest BCUT2D eigenvalue weighted by Gasteiger charge is -2.19. The molecule has 1 aromatic heterocycles. The molecule has 0 fully saturated rings. The fourth-order valence-electron chi connectivity index (χ4n) is 4.09. The lowest BCUT2D eigenvalue weighted by Crippen LogP contribution is -2.29. The maximum Gasteiger partial charge on any atom is 0.360 e.